The lowest BCUT2D eigenvalue weighted by Crippen LogP contribution is -2.47. The molecule has 0 unspecified atom stereocenters. The molecule has 0 bridgehead atoms. The van der Waals surface area contributed by atoms with E-state index < -0.39 is 5.54 Å². The number of carbonyl (C=O) groups is 1. The summed E-state index contributed by atoms with van der Waals surface area (Å²) in [6, 6.07) is 15.5. The van der Waals surface area contributed by atoms with Crippen molar-refractivity contribution in [1.29, 1.82) is 0 Å². The third kappa shape index (κ3) is 5.79. The Morgan fingerprint density at radius 1 is 1.17 bits per heavy atom. The molecule has 29 heavy (non-hydrogen) atoms. The summed E-state index contributed by atoms with van der Waals surface area (Å²) in [4.78, 5) is 19.0. The molecular formula is C22H24IN3O3. The second-order valence-corrected chi connectivity index (χ2v) is 9.02. The minimum atomic E-state index is -0.426. The van der Waals surface area contributed by atoms with Crippen LogP contribution in [0.25, 0.3) is 11.4 Å². The number of hydrogen-bond acceptors (Lipinski definition) is 5. The van der Waals surface area contributed by atoms with Gasteiger partial charge in [-0.3, -0.25) is 4.79 Å². The van der Waals surface area contributed by atoms with Gasteiger partial charge in [-0.2, -0.15) is 4.98 Å². The van der Waals surface area contributed by atoms with Crippen LogP contribution in [-0.4, -0.2) is 33.1 Å². The molecule has 2 aromatic carbocycles. The number of rotatable bonds is 6. The smallest absolute Gasteiger partial charge is 0.261 e. The lowest BCUT2D eigenvalue weighted by atomic mass is 10.1. The number of nitrogens with zero attached hydrogens (tertiary/aromatic N) is 3. The Kier molecular flexibility index (Phi) is 6.56. The first-order chi connectivity index (χ1) is 13.7. The summed E-state index contributed by atoms with van der Waals surface area (Å²) in [7, 11) is 0. The van der Waals surface area contributed by atoms with Crippen LogP contribution in [0.4, 0.5) is 0 Å². The Labute approximate surface area is 184 Å². The first-order valence-electron chi connectivity index (χ1n) is 9.31. The first kappa shape index (κ1) is 21.3. The summed E-state index contributed by atoms with van der Waals surface area (Å²) in [5.41, 5.74) is 1.58. The third-order valence-corrected chi connectivity index (χ3v) is 5.04. The van der Waals surface area contributed by atoms with Crippen molar-refractivity contribution in [2.24, 2.45) is 0 Å². The Hall–Kier alpha value is -2.42. The van der Waals surface area contributed by atoms with Crippen molar-refractivity contribution >= 4 is 28.5 Å². The largest absolute Gasteiger partial charge is 0.484 e. The molecule has 0 saturated heterocycles. The second kappa shape index (κ2) is 8.94. The van der Waals surface area contributed by atoms with Gasteiger partial charge in [0.1, 0.15) is 12.3 Å². The number of aromatic nitrogens is 2. The van der Waals surface area contributed by atoms with Crippen LogP contribution in [0, 0.1) is 10.5 Å². The van der Waals surface area contributed by atoms with Crippen molar-refractivity contribution in [3.63, 3.8) is 0 Å². The van der Waals surface area contributed by atoms with Crippen molar-refractivity contribution in [1.82, 2.24) is 15.0 Å². The quantitative estimate of drug-likeness (QED) is 0.448. The standard InChI is InChI=1S/C22H24IN3O3/c1-15-6-5-7-16(12-15)21-24-19(29-25-21)13-26(22(2,3)4)20(27)14-28-18-10-8-17(23)9-11-18/h5-12H,13-14H2,1-4H3. The van der Waals surface area contributed by atoms with Gasteiger partial charge in [-0.1, -0.05) is 28.9 Å². The molecule has 0 saturated carbocycles. The fourth-order valence-corrected chi connectivity index (χ4v) is 3.17. The second-order valence-electron chi connectivity index (χ2n) is 7.77. The Morgan fingerprint density at radius 2 is 1.90 bits per heavy atom. The lowest BCUT2D eigenvalue weighted by molar-refractivity contribution is -0.139. The molecule has 0 aliphatic rings. The molecule has 152 valence electrons. The van der Waals surface area contributed by atoms with Gasteiger partial charge in [-0.25, -0.2) is 0 Å². The Morgan fingerprint density at radius 3 is 2.55 bits per heavy atom. The molecule has 0 aliphatic carbocycles. The number of carbonyl (C=O) groups excluding carboxylic acids is 1. The van der Waals surface area contributed by atoms with E-state index in [4.69, 9.17) is 9.26 Å². The van der Waals surface area contributed by atoms with Crippen molar-refractivity contribution in [3.8, 4) is 17.1 Å². The zero-order valence-corrected chi connectivity index (χ0v) is 19.1. The van der Waals surface area contributed by atoms with Crippen molar-refractivity contribution in [2.45, 2.75) is 39.8 Å². The Balaban J connectivity index is 1.71. The summed E-state index contributed by atoms with van der Waals surface area (Å²) in [6.45, 7) is 8.07. The minimum absolute atomic E-state index is 0.0588. The van der Waals surface area contributed by atoms with Crippen LogP contribution in [-0.2, 0) is 11.3 Å². The lowest BCUT2D eigenvalue weighted by Gasteiger charge is -2.34. The summed E-state index contributed by atoms with van der Waals surface area (Å²) in [5, 5.41) is 4.07. The summed E-state index contributed by atoms with van der Waals surface area (Å²) >= 11 is 2.23. The topological polar surface area (TPSA) is 68.5 Å². The highest BCUT2D eigenvalue weighted by atomic mass is 127. The molecule has 0 spiro atoms. The average Bonchev–Trinajstić information content (AvgIpc) is 3.13. The molecule has 1 heterocycles. The van der Waals surface area contributed by atoms with Gasteiger partial charge in [0.2, 0.25) is 11.7 Å². The van der Waals surface area contributed by atoms with Gasteiger partial charge in [-0.05, 0) is 80.6 Å². The van der Waals surface area contributed by atoms with Crippen LogP contribution >= 0.6 is 22.6 Å². The number of halogens is 1. The number of aryl methyl sites for hydroxylation is 1. The molecule has 0 radical (unpaired) electrons. The van der Waals surface area contributed by atoms with Crippen LogP contribution < -0.4 is 4.74 Å². The fourth-order valence-electron chi connectivity index (χ4n) is 2.81. The van der Waals surface area contributed by atoms with Crippen molar-refractivity contribution < 1.29 is 14.1 Å². The maximum absolute atomic E-state index is 12.9. The van der Waals surface area contributed by atoms with Crippen LogP contribution in [0.15, 0.2) is 53.1 Å². The number of amides is 1. The van der Waals surface area contributed by atoms with Gasteiger partial charge >= 0.3 is 0 Å². The van der Waals surface area contributed by atoms with Gasteiger partial charge in [0.15, 0.2) is 6.61 Å². The highest BCUT2D eigenvalue weighted by Gasteiger charge is 2.29. The predicted octanol–water partition coefficient (Wildman–Crippen LogP) is 4.86. The van der Waals surface area contributed by atoms with E-state index in [-0.39, 0.29) is 19.1 Å². The zero-order chi connectivity index (χ0) is 21.0. The summed E-state index contributed by atoms with van der Waals surface area (Å²) < 4.78 is 12.2. The Bertz CT molecular complexity index is 977. The molecule has 3 aromatic rings. The fraction of sp³-hybridized carbons (Fsp3) is 0.318. The van der Waals surface area contributed by atoms with Gasteiger partial charge in [0, 0.05) is 14.7 Å². The number of benzene rings is 2. The van der Waals surface area contributed by atoms with E-state index >= 15 is 0 Å². The first-order valence-corrected chi connectivity index (χ1v) is 10.4. The normalized spacial score (nSPS) is 11.3. The zero-order valence-electron chi connectivity index (χ0n) is 17.0. The van der Waals surface area contributed by atoms with E-state index in [1.54, 1.807) is 4.90 Å². The molecular weight excluding hydrogens is 481 g/mol. The maximum Gasteiger partial charge on any atom is 0.261 e. The molecule has 0 aliphatic heterocycles. The molecule has 0 fully saturated rings. The van der Waals surface area contributed by atoms with E-state index in [0.29, 0.717) is 17.5 Å². The van der Waals surface area contributed by atoms with E-state index in [0.717, 1.165) is 14.7 Å². The molecule has 0 atom stereocenters. The molecule has 1 aromatic heterocycles. The van der Waals surface area contributed by atoms with Gasteiger partial charge in [0.05, 0.1) is 0 Å². The van der Waals surface area contributed by atoms with Crippen LogP contribution in [0.2, 0.25) is 0 Å². The monoisotopic (exact) mass is 505 g/mol. The molecule has 3 rings (SSSR count). The highest BCUT2D eigenvalue weighted by Crippen LogP contribution is 2.21. The van der Waals surface area contributed by atoms with E-state index in [9.17, 15) is 4.79 Å². The van der Waals surface area contributed by atoms with Crippen molar-refractivity contribution in [2.75, 3.05) is 6.61 Å². The van der Waals surface area contributed by atoms with Crippen molar-refractivity contribution in [3.05, 3.63) is 63.6 Å². The molecule has 6 nitrogen and oxygen atoms in total. The maximum atomic E-state index is 12.9. The third-order valence-electron chi connectivity index (χ3n) is 4.32. The predicted molar refractivity (Wildman–Crippen MR) is 119 cm³/mol. The average molecular weight is 505 g/mol. The van der Waals surface area contributed by atoms with Crippen LogP contribution in [0.5, 0.6) is 5.75 Å². The van der Waals surface area contributed by atoms with Gasteiger partial charge in [-0.15, -0.1) is 0 Å². The van der Waals surface area contributed by atoms with E-state index in [1.165, 1.54) is 0 Å². The minimum Gasteiger partial charge on any atom is -0.484 e. The summed E-state index contributed by atoms with van der Waals surface area (Å²) in [6.07, 6.45) is 0. The van der Waals surface area contributed by atoms with Gasteiger partial charge in [0.25, 0.3) is 5.91 Å². The number of ether oxygens (including phenoxy) is 1. The van der Waals surface area contributed by atoms with E-state index in [2.05, 4.69) is 32.7 Å². The highest BCUT2D eigenvalue weighted by molar-refractivity contribution is 14.1. The molecule has 7 heteroatoms. The summed E-state index contributed by atoms with van der Waals surface area (Å²) in [5.74, 6) is 1.41. The van der Waals surface area contributed by atoms with Gasteiger partial charge < -0.3 is 14.2 Å². The van der Waals surface area contributed by atoms with Crippen LogP contribution in [0.3, 0.4) is 0 Å². The van der Waals surface area contributed by atoms with Crippen LogP contribution in [0.1, 0.15) is 32.2 Å². The number of hydrogen-bond donors (Lipinski definition) is 0. The SMILES string of the molecule is Cc1cccc(-c2noc(CN(C(=O)COc3ccc(I)cc3)C(C)(C)C)n2)c1. The molecule has 0 N–H and O–H groups in total. The van der Waals surface area contributed by atoms with E-state index in [1.807, 2.05) is 76.2 Å². The molecule has 1 amide bonds.